The molecule has 90 valence electrons. The molecule has 6 heteroatoms. The number of benzene rings is 1. The summed E-state index contributed by atoms with van der Waals surface area (Å²) in [6.07, 6.45) is 0. The molecule has 1 aliphatic rings. The lowest BCUT2D eigenvalue weighted by atomic mass is 10.1. The van der Waals surface area contributed by atoms with E-state index in [9.17, 15) is 9.59 Å². The summed E-state index contributed by atoms with van der Waals surface area (Å²) in [5.41, 5.74) is 6.54. The van der Waals surface area contributed by atoms with Gasteiger partial charge in [0.15, 0.2) is 6.61 Å². The van der Waals surface area contributed by atoms with Crippen LogP contribution >= 0.6 is 0 Å². The Morgan fingerprint density at radius 2 is 2.35 bits per heavy atom. The number of primary amides is 1. The summed E-state index contributed by atoms with van der Waals surface area (Å²) < 4.78 is 5.23. The summed E-state index contributed by atoms with van der Waals surface area (Å²) in [6.45, 7) is 0.468. The van der Waals surface area contributed by atoms with Crippen molar-refractivity contribution in [2.45, 2.75) is 6.54 Å². The highest BCUT2D eigenvalue weighted by molar-refractivity contribution is 6.16. The zero-order valence-corrected chi connectivity index (χ0v) is 9.40. The number of anilines is 1. The molecule has 0 aromatic heterocycles. The maximum absolute atomic E-state index is 11.6. The van der Waals surface area contributed by atoms with Crippen LogP contribution < -0.4 is 20.7 Å². The van der Waals surface area contributed by atoms with E-state index in [-0.39, 0.29) is 6.61 Å². The average Bonchev–Trinajstić information content (AvgIpc) is 2.28. The van der Waals surface area contributed by atoms with Crippen LogP contribution in [-0.4, -0.2) is 25.6 Å². The van der Waals surface area contributed by atoms with Crippen LogP contribution in [0.1, 0.15) is 5.56 Å². The summed E-state index contributed by atoms with van der Waals surface area (Å²) in [4.78, 5) is 23.7. The number of hydrogen-bond acceptors (Lipinski definition) is 4. The monoisotopic (exact) mass is 235 g/mol. The van der Waals surface area contributed by atoms with Gasteiger partial charge in [-0.2, -0.15) is 0 Å². The molecule has 0 fully saturated rings. The Kier molecular flexibility index (Phi) is 2.97. The van der Waals surface area contributed by atoms with Gasteiger partial charge < -0.3 is 15.8 Å². The largest absolute Gasteiger partial charge is 0.482 e. The van der Waals surface area contributed by atoms with E-state index in [0.29, 0.717) is 18.0 Å². The number of nitrogens with one attached hydrogen (secondary N) is 1. The number of rotatable bonds is 2. The summed E-state index contributed by atoms with van der Waals surface area (Å²) in [5.74, 6) is 0.0369. The Morgan fingerprint density at radius 1 is 1.59 bits per heavy atom. The smallest absolute Gasteiger partial charge is 0.326 e. The fourth-order valence-corrected chi connectivity index (χ4v) is 1.75. The molecule has 3 amide bonds. The van der Waals surface area contributed by atoms with Crippen LogP contribution in [0.5, 0.6) is 5.75 Å². The number of imide groups is 1. The van der Waals surface area contributed by atoms with E-state index < -0.39 is 11.9 Å². The summed E-state index contributed by atoms with van der Waals surface area (Å²) in [5, 5.41) is 2.99. The standard InChI is InChI=1S/C11H13N3O3/c1-13-5-7-2-3-9-8(4-7)14(11(12)16)10(15)6-17-9/h2-4,13H,5-6H2,1H3,(H2,12,16). The number of amides is 3. The van der Waals surface area contributed by atoms with Crippen LogP contribution in [0, 0.1) is 0 Å². The second kappa shape index (κ2) is 4.42. The number of carbonyl (C=O) groups is 2. The van der Waals surface area contributed by atoms with Crippen LogP contribution in [0.25, 0.3) is 0 Å². The third-order valence-corrected chi connectivity index (χ3v) is 2.47. The van der Waals surface area contributed by atoms with E-state index in [2.05, 4.69) is 5.32 Å². The van der Waals surface area contributed by atoms with E-state index in [1.165, 1.54) is 0 Å². The second-order valence-corrected chi connectivity index (χ2v) is 3.69. The Morgan fingerprint density at radius 3 is 3.00 bits per heavy atom. The Labute approximate surface area is 98.3 Å². The predicted molar refractivity (Wildman–Crippen MR) is 61.8 cm³/mol. The third kappa shape index (κ3) is 2.07. The molecule has 0 bridgehead atoms. The zero-order chi connectivity index (χ0) is 12.4. The summed E-state index contributed by atoms with van der Waals surface area (Å²) in [6, 6.07) is 4.52. The number of nitrogens with two attached hydrogens (primary N) is 1. The number of hydrogen-bond donors (Lipinski definition) is 2. The first-order chi connectivity index (χ1) is 8.13. The topological polar surface area (TPSA) is 84.7 Å². The van der Waals surface area contributed by atoms with Gasteiger partial charge in [-0.3, -0.25) is 4.79 Å². The second-order valence-electron chi connectivity index (χ2n) is 3.69. The molecule has 1 aliphatic heterocycles. The molecular weight excluding hydrogens is 222 g/mol. The maximum atomic E-state index is 11.6. The fourth-order valence-electron chi connectivity index (χ4n) is 1.75. The van der Waals surface area contributed by atoms with Gasteiger partial charge in [-0.25, -0.2) is 9.69 Å². The van der Waals surface area contributed by atoms with E-state index in [4.69, 9.17) is 10.5 Å². The van der Waals surface area contributed by atoms with Crippen molar-refractivity contribution in [2.24, 2.45) is 5.73 Å². The van der Waals surface area contributed by atoms with Crippen molar-refractivity contribution in [3.8, 4) is 5.75 Å². The molecule has 1 aromatic carbocycles. The van der Waals surface area contributed by atoms with Crippen LogP contribution in [0.4, 0.5) is 10.5 Å². The third-order valence-electron chi connectivity index (χ3n) is 2.47. The van der Waals surface area contributed by atoms with Crippen LogP contribution in [0.3, 0.4) is 0 Å². The van der Waals surface area contributed by atoms with Crippen LogP contribution in [-0.2, 0) is 11.3 Å². The van der Waals surface area contributed by atoms with Gasteiger partial charge in [0.25, 0.3) is 5.91 Å². The van der Waals surface area contributed by atoms with Gasteiger partial charge in [-0.15, -0.1) is 0 Å². The number of ether oxygens (including phenoxy) is 1. The van der Waals surface area contributed by atoms with Crippen molar-refractivity contribution in [1.29, 1.82) is 0 Å². The molecule has 3 N–H and O–H groups in total. The van der Waals surface area contributed by atoms with Crippen molar-refractivity contribution in [3.05, 3.63) is 23.8 Å². The Bertz CT molecular complexity index is 473. The van der Waals surface area contributed by atoms with Crippen LogP contribution in [0.15, 0.2) is 18.2 Å². The van der Waals surface area contributed by atoms with Gasteiger partial charge >= 0.3 is 6.03 Å². The van der Waals surface area contributed by atoms with Crippen molar-refractivity contribution in [3.63, 3.8) is 0 Å². The molecule has 0 saturated carbocycles. The minimum Gasteiger partial charge on any atom is -0.482 e. The van der Waals surface area contributed by atoms with Crippen LogP contribution in [0.2, 0.25) is 0 Å². The quantitative estimate of drug-likeness (QED) is 0.767. The van der Waals surface area contributed by atoms with Gasteiger partial charge in [-0.05, 0) is 24.7 Å². The number of urea groups is 1. The van der Waals surface area contributed by atoms with Crippen molar-refractivity contribution < 1.29 is 14.3 Å². The lowest BCUT2D eigenvalue weighted by Gasteiger charge is -2.26. The molecular formula is C11H13N3O3. The highest BCUT2D eigenvalue weighted by Crippen LogP contribution is 2.32. The summed E-state index contributed by atoms with van der Waals surface area (Å²) in [7, 11) is 1.81. The number of nitrogens with zero attached hydrogens (tertiary/aromatic N) is 1. The van der Waals surface area contributed by atoms with E-state index in [0.717, 1.165) is 10.5 Å². The lowest BCUT2D eigenvalue weighted by Crippen LogP contribution is -2.46. The minimum atomic E-state index is -0.791. The first-order valence-electron chi connectivity index (χ1n) is 5.16. The molecule has 2 rings (SSSR count). The summed E-state index contributed by atoms with van der Waals surface area (Å²) >= 11 is 0. The van der Waals surface area contributed by atoms with Gasteiger partial charge in [0.05, 0.1) is 5.69 Å². The molecule has 17 heavy (non-hydrogen) atoms. The van der Waals surface area contributed by atoms with Gasteiger partial charge in [0.2, 0.25) is 0 Å². The van der Waals surface area contributed by atoms with Gasteiger partial charge in [-0.1, -0.05) is 6.07 Å². The van der Waals surface area contributed by atoms with E-state index in [1.807, 2.05) is 13.1 Å². The first kappa shape index (κ1) is 11.4. The van der Waals surface area contributed by atoms with Crippen molar-refractivity contribution >= 4 is 17.6 Å². The molecule has 0 radical (unpaired) electrons. The van der Waals surface area contributed by atoms with E-state index in [1.54, 1.807) is 12.1 Å². The van der Waals surface area contributed by atoms with Gasteiger partial charge in [0.1, 0.15) is 5.75 Å². The number of carbonyl (C=O) groups excluding carboxylic acids is 2. The molecule has 0 atom stereocenters. The zero-order valence-electron chi connectivity index (χ0n) is 9.40. The molecule has 0 aliphatic carbocycles. The molecule has 1 aromatic rings. The Balaban J connectivity index is 2.45. The lowest BCUT2D eigenvalue weighted by molar-refractivity contribution is -0.120. The SMILES string of the molecule is CNCc1ccc2c(c1)N(C(N)=O)C(=O)CO2. The molecule has 1 heterocycles. The van der Waals surface area contributed by atoms with Crippen molar-refractivity contribution in [2.75, 3.05) is 18.6 Å². The maximum Gasteiger partial charge on any atom is 0.326 e. The molecule has 0 unspecified atom stereocenters. The molecule has 6 nitrogen and oxygen atoms in total. The van der Waals surface area contributed by atoms with Crippen molar-refractivity contribution in [1.82, 2.24) is 5.32 Å². The van der Waals surface area contributed by atoms with E-state index >= 15 is 0 Å². The molecule has 0 spiro atoms. The normalized spacial score (nSPS) is 14.2. The van der Waals surface area contributed by atoms with Gasteiger partial charge in [0, 0.05) is 6.54 Å². The minimum absolute atomic E-state index is 0.165. The highest BCUT2D eigenvalue weighted by atomic mass is 16.5. The highest BCUT2D eigenvalue weighted by Gasteiger charge is 2.29. The predicted octanol–water partition coefficient (Wildman–Crippen LogP) is 0.210. The molecule has 0 saturated heterocycles. The first-order valence-corrected chi connectivity index (χ1v) is 5.16. The Hall–Kier alpha value is -2.08. The fraction of sp³-hybridized carbons (Fsp3) is 0.273. The number of fused-ring (bicyclic) bond motifs is 1. The average molecular weight is 235 g/mol.